The minimum atomic E-state index is 0.0281. The zero-order valence-electron chi connectivity index (χ0n) is 19.0. The zero-order chi connectivity index (χ0) is 24.0. The number of nitrogens with zero attached hydrogens (tertiary/aromatic N) is 4. The molecule has 0 radical (unpaired) electrons. The van der Waals surface area contributed by atoms with E-state index in [-0.39, 0.29) is 12.0 Å². The van der Waals surface area contributed by atoms with Crippen LogP contribution in [0.25, 0.3) is 40.2 Å². The van der Waals surface area contributed by atoms with Gasteiger partial charge in [0.2, 0.25) is 0 Å². The van der Waals surface area contributed by atoms with Crippen LogP contribution in [0, 0.1) is 5.92 Å². The molecule has 1 heterocycles. The van der Waals surface area contributed by atoms with Crippen LogP contribution in [0.2, 0.25) is 5.02 Å². The Morgan fingerprint density at radius 1 is 0.714 bits per heavy atom. The summed E-state index contributed by atoms with van der Waals surface area (Å²) < 4.78 is 0. The molecule has 1 aromatic heterocycles. The quantitative estimate of drug-likeness (QED) is 0.274. The van der Waals surface area contributed by atoms with Gasteiger partial charge in [-0.2, -0.15) is 0 Å². The van der Waals surface area contributed by atoms with E-state index in [4.69, 9.17) is 26.6 Å². The molecule has 35 heavy (non-hydrogen) atoms. The highest BCUT2D eigenvalue weighted by molar-refractivity contribution is 6.31. The minimum Gasteiger partial charge on any atom is -0.293 e. The van der Waals surface area contributed by atoms with Crippen molar-refractivity contribution in [2.45, 2.75) is 6.04 Å². The summed E-state index contributed by atoms with van der Waals surface area (Å²) in [4.78, 5) is 18.6. The van der Waals surface area contributed by atoms with E-state index < -0.39 is 0 Å². The topological polar surface area (TPSA) is 51.0 Å². The van der Waals surface area contributed by atoms with Crippen molar-refractivity contribution < 1.29 is 0 Å². The summed E-state index contributed by atoms with van der Waals surface area (Å²) in [5, 5.41) is 0.613. The first kappa shape index (κ1) is 22.6. The van der Waals surface area contributed by atoms with Crippen LogP contribution in [0.3, 0.4) is 0 Å². The van der Waals surface area contributed by atoms with Crippen LogP contribution in [0.5, 0.6) is 0 Å². The number of aromatic nitrogens is 3. The molecule has 3 aromatic carbocycles. The number of hydrogen-bond donors (Lipinski definition) is 0. The van der Waals surface area contributed by atoms with Crippen molar-refractivity contribution in [3.63, 3.8) is 0 Å². The third-order valence-electron chi connectivity index (χ3n) is 5.75. The van der Waals surface area contributed by atoms with Gasteiger partial charge in [0.1, 0.15) is 0 Å². The maximum absolute atomic E-state index is 6.53. The minimum absolute atomic E-state index is 0.0281. The Balaban J connectivity index is 1.57. The van der Waals surface area contributed by atoms with Crippen molar-refractivity contribution in [3.8, 4) is 34.2 Å². The third kappa shape index (κ3) is 5.34. The Morgan fingerprint density at radius 3 is 1.89 bits per heavy atom. The molecule has 4 aromatic rings. The molecule has 1 aliphatic carbocycles. The van der Waals surface area contributed by atoms with E-state index in [0.29, 0.717) is 22.5 Å². The largest absolute Gasteiger partial charge is 0.293 e. The van der Waals surface area contributed by atoms with Crippen LogP contribution in [-0.2, 0) is 0 Å². The molecule has 4 nitrogen and oxygen atoms in total. The standard InChI is InChI=1S/C30H23ClN4/c1-32-27-15-9-8-10-22(27)17-16-21-18-25(20-26(31)19-21)30-34-28(23-11-4-2-5-12-23)33-29(35-30)24-13-6-3-7-14-24/h2-20,22,27H,1H2/b17-16+. The van der Waals surface area contributed by atoms with Crippen molar-refractivity contribution in [1.82, 2.24) is 15.0 Å². The number of hydrogen-bond acceptors (Lipinski definition) is 4. The zero-order valence-corrected chi connectivity index (χ0v) is 19.8. The van der Waals surface area contributed by atoms with Crippen molar-refractivity contribution in [2.75, 3.05) is 0 Å². The van der Waals surface area contributed by atoms with Crippen LogP contribution in [0.1, 0.15) is 5.56 Å². The SMILES string of the molecule is C=NC1C=CC=CC1/C=C/c1cc(Cl)cc(-c2nc(-c3ccccc3)nc(-c3ccccc3)n2)c1. The van der Waals surface area contributed by atoms with E-state index in [9.17, 15) is 0 Å². The first-order valence-corrected chi connectivity index (χ1v) is 11.7. The molecule has 1 aliphatic rings. The van der Waals surface area contributed by atoms with Gasteiger partial charge in [-0.25, -0.2) is 15.0 Å². The molecule has 0 fully saturated rings. The molecule has 0 saturated heterocycles. The van der Waals surface area contributed by atoms with Crippen molar-refractivity contribution in [1.29, 1.82) is 0 Å². The summed E-state index contributed by atoms with van der Waals surface area (Å²) in [7, 11) is 0. The predicted molar refractivity (Wildman–Crippen MR) is 145 cm³/mol. The highest BCUT2D eigenvalue weighted by atomic mass is 35.5. The van der Waals surface area contributed by atoms with E-state index in [1.54, 1.807) is 0 Å². The first-order chi connectivity index (χ1) is 17.2. The number of aliphatic imine (C=N–C) groups is 1. The molecule has 2 atom stereocenters. The second kappa shape index (κ2) is 10.4. The van der Waals surface area contributed by atoms with Crippen molar-refractivity contribution in [2.24, 2.45) is 10.9 Å². The number of halogens is 1. The van der Waals surface area contributed by atoms with E-state index in [1.807, 2.05) is 97.1 Å². The molecule has 0 amide bonds. The molecule has 0 aliphatic heterocycles. The van der Waals surface area contributed by atoms with Gasteiger partial charge in [-0.15, -0.1) is 0 Å². The summed E-state index contributed by atoms with van der Waals surface area (Å²) in [6.45, 7) is 3.71. The van der Waals surface area contributed by atoms with E-state index >= 15 is 0 Å². The highest BCUT2D eigenvalue weighted by Gasteiger charge is 2.15. The second-order valence-electron chi connectivity index (χ2n) is 8.19. The molecule has 0 N–H and O–H groups in total. The normalized spacial score (nSPS) is 17.1. The Bertz CT molecular complexity index is 1370. The fourth-order valence-electron chi connectivity index (χ4n) is 3.97. The van der Waals surface area contributed by atoms with Gasteiger partial charge < -0.3 is 0 Å². The summed E-state index contributed by atoms with van der Waals surface area (Å²) >= 11 is 6.53. The van der Waals surface area contributed by atoms with Crippen molar-refractivity contribution in [3.05, 3.63) is 120 Å². The lowest BCUT2D eigenvalue weighted by molar-refractivity contribution is 0.693. The lowest BCUT2D eigenvalue weighted by Gasteiger charge is -2.16. The summed E-state index contributed by atoms with van der Waals surface area (Å²) in [5.41, 5.74) is 3.64. The summed E-state index contributed by atoms with van der Waals surface area (Å²) in [6.07, 6.45) is 12.4. The fourth-order valence-corrected chi connectivity index (χ4v) is 4.21. The molecule has 0 saturated carbocycles. The summed E-state index contributed by atoms with van der Waals surface area (Å²) in [6, 6.07) is 25.7. The highest BCUT2D eigenvalue weighted by Crippen LogP contribution is 2.28. The maximum atomic E-state index is 6.53. The van der Waals surface area contributed by atoms with Gasteiger partial charge in [0.05, 0.1) is 6.04 Å². The molecule has 2 unspecified atom stereocenters. The van der Waals surface area contributed by atoms with E-state index in [2.05, 4.69) is 29.9 Å². The third-order valence-corrected chi connectivity index (χ3v) is 5.96. The Hall–Kier alpha value is -4.15. The Morgan fingerprint density at radius 2 is 1.29 bits per heavy atom. The lowest BCUT2D eigenvalue weighted by atomic mass is 9.94. The van der Waals surface area contributed by atoms with Gasteiger partial charge in [0.25, 0.3) is 0 Å². The number of rotatable bonds is 6. The average Bonchev–Trinajstić information content (AvgIpc) is 2.92. The van der Waals surface area contributed by atoms with Gasteiger partial charge in [-0.05, 0) is 30.5 Å². The van der Waals surface area contributed by atoms with Gasteiger partial charge in [0, 0.05) is 27.6 Å². The smallest absolute Gasteiger partial charge is 0.164 e. The lowest BCUT2D eigenvalue weighted by Crippen LogP contribution is -2.13. The van der Waals surface area contributed by atoms with Gasteiger partial charge >= 0.3 is 0 Å². The molecular weight excluding hydrogens is 452 g/mol. The molecule has 0 spiro atoms. The molecule has 170 valence electrons. The molecular formula is C30H23ClN4. The Kier molecular flexibility index (Phi) is 6.73. The molecule has 5 heteroatoms. The number of benzene rings is 3. The monoisotopic (exact) mass is 474 g/mol. The van der Waals surface area contributed by atoms with E-state index in [0.717, 1.165) is 22.3 Å². The van der Waals surface area contributed by atoms with Gasteiger partial charge in [-0.3, -0.25) is 4.99 Å². The maximum Gasteiger partial charge on any atom is 0.164 e. The van der Waals surface area contributed by atoms with Gasteiger partial charge in [0.15, 0.2) is 17.5 Å². The second-order valence-corrected chi connectivity index (χ2v) is 8.63. The predicted octanol–water partition coefficient (Wildman–Crippen LogP) is 7.35. The van der Waals surface area contributed by atoms with Crippen LogP contribution in [0.15, 0.2) is 114 Å². The Labute approximate surface area is 210 Å². The first-order valence-electron chi connectivity index (χ1n) is 11.4. The van der Waals surface area contributed by atoms with Gasteiger partial charge in [-0.1, -0.05) is 109 Å². The molecule has 0 bridgehead atoms. The van der Waals surface area contributed by atoms with Crippen LogP contribution >= 0.6 is 11.6 Å². The fraction of sp³-hybridized carbons (Fsp3) is 0.0667. The number of allylic oxidation sites excluding steroid dienone is 2. The molecule has 5 rings (SSSR count). The average molecular weight is 475 g/mol. The van der Waals surface area contributed by atoms with Crippen LogP contribution in [0.4, 0.5) is 0 Å². The summed E-state index contributed by atoms with van der Waals surface area (Å²) in [5.74, 6) is 1.95. The van der Waals surface area contributed by atoms with E-state index in [1.165, 1.54) is 0 Å². The van der Waals surface area contributed by atoms with Crippen LogP contribution < -0.4 is 0 Å². The van der Waals surface area contributed by atoms with Crippen molar-refractivity contribution >= 4 is 24.4 Å². The van der Waals surface area contributed by atoms with Crippen LogP contribution in [-0.4, -0.2) is 27.7 Å².